The number of aryl methyl sites for hydroxylation is 1. The molecular formula is C22H23ClN2O2S. The van der Waals surface area contributed by atoms with Gasteiger partial charge < -0.3 is 10.3 Å². The van der Waals surface area contributed by atoms with Gasteiger partial charge in [0.2, 0.25) is 9.84 Å². The van der Waals surface area contributed by atoms with Crippen LogP contribution in [0, 0.1) is 6.92 Å². The third-order valence-electron chi connectivity index (χ3n) is 5.34. The molecule has 1 heterocycles. The van der Waals surface area contributed by atoms with Crippen molar-refractivity contribution in [2.45, 2.75) is 23.1 Å². The number of nitrogens with zero attached hydrogens (tertiary/aromatic N) is 1. The normalized spacial score (nSPS) is 11.7. The first-order valence-electron chi connectivity index (χ1n) is 8.96. The van der Waals surface area contributed by atoms with Crippen LogP contribution in [-0.4, -0.2) is 19.5 Å². The molecular weight excluding hydrogens is 392 g/mol. The Morgan fingerprint density at radius 2 is 1.68 bits per heavy atom. The third-order valence-corrected chi connectivity index (χ3v) is 7.15. The molecule has 4 aromatic rings. The van der Waals surface area contributed by atoms with E-state index in [-0.39, 0.29) is 12.4 Å². The molecule has 2 N–H and O–H groups in total. The minimum Gasteiger partial charge on any atom is -0.348 e. The van der Waals surface area contributed by atoms with Crippen molar-refractivity contribution in [2.75, 3.05) is 6.54 Å². The molecule has 0 saturated heterocycles. The summed E-state index contributed by atoms with van der Waals surface area (Å²) in [5, 5.41) is 2.62. The lowest BCUT2D eigenvalue weighted by Gasteiger charge is -2.09. The Morgan fingerprint density at radius 1 is 0.964 bits per heavy atom. The molecule has 0 amide bonds. The van der Waals surface area contributed by atoms with Crippen LogP contribution in [0.1, 0.15) is 11.3 Å². The average Bonchev–Trinajstić information content (AvgIpc) is 2.92. The van der Waals surface area contributed by atoms with Crippen LogP contribution in [0.4, 0.5) is 0 Å². The molecule has 0 saturated carbocycles. The Balaban J connectivity index is 0.00000225. The molecule has 0 unspecified atom stereocenters. The minimum atomic E-state index is -3.63. The van der Waals surface area contributed by atoms with E-state index in [4.69, 9.17) is 5.73 Å². The maximum atomic E-state index is 13.4. The number of hydrogen-bond donors (Lipinski definition) is 1. The smallest absolute Gasteiger partial charge is 0.207 e. The lowest BCUT2D eigenvalue weighted by molar-refractivity contribution is 0.597. The lowest BCUT2D eigenvalue weighted by Crippen LogP contribution is -2.04. The molecule has 1 aromatic heterocycles. The van der Waals surface area contributed by atoms with Gasteiger partial charge in [0.15, 0.2) is 0 Å². The van der Waals surface area contributed by atoms with Crippen molar-refractivity contribution in [3.05, 3.63) is 71.9 Å². The summed E-state index contributed by atoms with van der Waals surface area (Å²) in [4.78, 5) is 0.656. The predicted molar refractivity (Wildman–Crippen MR) is 117 cm³/mol. The lowest BCUT2D eigenvalue weighted by atomic mass is 10.1. The number of hydrogen-bond acceptors (Lipinski definition) is 3. The first-order chi connectivity index (χ1) is 12.9. The van der Waals surface area contributed by atoms with E-state index in [1.54, 1.807) is 24.3 Å². The highest BCUT2D eigenvalue weighted by atomic mass is 35.5. The molecule has 4 nitrogen and oxygen atoms in total. The molecule has 6 heteroatoms. The van der Waals surface area contributed by atoms with Gasteiger partial charge in [0.05, 0.1) is 9.79 Å². The van der Waals surface area contributed by atoms with Gasteiger partial charge >= 0.3 is 0 Å². The van der Waals surface area contributed by atoms with E-state index in [0.717, 1.165) is 39.4 Å². The van der Waals surface area contributed by atoms with Crippen molar-refractivity contribution >= 4 is 43.9 Å². The summed E-state index contributed by atoms with van der Waals surface area (Å²) in [6, 6.07) is 18.3. The van der Waals surface area contributed by atoms with E-state index in [9.17, 15) is 8.42 Å². The number of halogens is 1. The molecule has 0 radical (unpaired) electrons. The molecule has 0 aliphatic rings. The van der Waals surface area contributed by atoms with E-state index in [2.05, 4.69) is 4.57 Å². The number of benzene rings is 3. The topological polar surface area (TPSA) is 65.1 Å². The average molecular weight is 415 g/mol. The van der Waals surface area contributed by atoms with Crippen LogP contribution in [0.15, 0.2) is 70.5 Å². The first-order valence-corrected chi connectivity index (χ1v) is 10.4. The van der Waals surface area contributed by atoms with Gasteiger partial charge in [-0.15, -0.1) is 12.4 Å². The summed E-state index contributed by atoms with van der Waals surface area (Å²) in [7, 11) is -1.64. The highest BCUT2D eigenvalue weighted by Crippen LogP contribution is 2.32. The second-order valence-electron chi connectivity index (χ2n) is 6.82. The van der Waals surface area contributed by atoms with Gasteiger partial charge in [-0.2, -0.15) is 0 Å². The number of fused-ring (bicyclic) bond motifs is 2. The molecule has 28 heavy (non-hydrogen) atoms. The Kier molecular flexibility index (Phi) is 5.53. The monoisotopic (exact) mass is 414 g/mol. The van der Waals surface area contributed by atoms with Gasteiger partial charge in [0, 0.05) is 29.0 Å². The van der Waals surface area contributed by atoms with Crippen molar-refractivity contribution in [1.29, 1.82) is 0 Å². The van der Waals surface area contributed by atoms with E-state index < -0.39 is 9.84 Å². The van der Waals surface area contributed by atoms with Gasteiger partial charge in [0.25, 0.3) is 0 Å². The van der Waals surface area contributed by atoms with Crippen LogP contribution in [0.5, 0.6) is 0 Å². The molecule has 0 bridgehead atoms. The summed E-state index contributed by atoms with van der Waals surface area (Å²) in [6.45, 7) is 2.57. The quantitative estimate of drug-likeness (QED) is 0.538. The zero-order valence-electron chi connectivity index (χ0n) is 15.8. The molecule has 146 valence electrons. The van der Waals surface area contributed by atoms with E-state index in [1.807, 2.05) is 50.4 Å². The maximum Gasteiger partial charge on any atom is 0.207 e. The maximum absolute atomic E-state index is 13.4. The van der Waals surface area contributed by atoms with Crippen LogP contribution >= 0.6 is 12.4 Å². The zero-order chi connectivity index (χ0) is 19.2. The van der Waals surface area contributed by atoms with E-state index in [0.29, 0.717) is 16.3 Å². The Bertz CT molecular complexity index is 1270. The van der Waals surface area contributed by atoms with Crippen LogP contribution in [0.2, 0.25) is 0 Å². The standard InChI is InChI=1S/C22H22N2O2S.ClH/c1-15-18(12-13-23)20-14-17(10-11-21(20)24(15)2)27(25,26)22-9-5-7-16-6-3-4-8-19(16)22;/h3-11,14H,12-13,23H2,1-2H3;1H. The van der Waals surface area contributed by atoms with Crippen molar-refractivity contribution in [3.8, 4) is 0 Å². The van der Waals surface area contributed by atoms with Gasteiger partial charge in [-0.1, -0.05) is 36.4 Å². The van der Waals surface area contributed by atoms with Crippen molar-refractivity contribution < 1.29 is 8.42 Å². The molecule has 0 aliphatic carbocycles. The predicted octanol–water partition coefficient (Wildman–Crippen LogP) is 4.40. The van der Waals surface area contributed by atoms with Crippen LogP contribution in [0.3, 0.4) is 0 Å². The Labute approximate surface area is 171 Å². The summed E-state index contributed by atoms with van der Waals surface area (Å²) >= 11 is 0. The third kappa shape index (κ3) is 3.09. The van der Waals surface area contributed by atoms with Crippen molar-refractivity contribution in [2.24, 2.45) is 12.8 Å². The fourth-order valence-electron chi connectivity index (χ4n) is 3.81. The Hall–Kier alpha value is -2.34. The van der Waals surface area contributed by atoms with Crippen molar-refractivity contribution in [1.82, 2.24) is 4.57 Å². The Morgan fingerprint density at radius 3 is 2.43 bits per heavy atom. The van der Waals surface area contributed by atoms with Gasteiger partial charge in [-0.3, -0.25) is 0 Å². The molecule has 0 fully saturated rings. The summed E-state index contributed by atoms with van der Waals surface area (Å²) < 4.78 is 28.9. The summed E-state index contributed by atoms with van der Waals surface area (Å²) in [5.74, 6) is 0. The number of nitrogens with two attached hydrogens (primary N) is 1. The highest BCUT2D eigenvalue weighted by Gasteiger charge is 2.22. The zero-order valence-corrected chi connectivity index (χ0v) is 17.5. The fraction of sp³-hybridized carbons (Fsp3) is 0.182. The van der Waals surface area contributed by atoms with Crippen LogP contribution in [-0.2, 0) is 23.3 Å². The molecule has 4 rings (SSSR count). The second kappa shape index (κ2) is 7.59. The second-order valence-corrected chi connectivity index (χ2v) is 8.74. The molecule has 0 spiro atoms. The first kappa shape index (κ1) is 20.4. The van der Waals surface area contributed by atoms with Gasteiger partial charge in [-0.05, 0) is 55.1 Å². The molecule has 0 atom stereocenters. The van der Waals surface area contributed by atoms with Crippen LogP contribution in [0.25, 0.3) is 21.7 Å². The molecule has 0 aliphatic heterocycles. The van der Waals surface area contributed by atoms with Crippen molar-refractivity contribution in [3.63, 3.8) is 0 Å². The van der Waals surface area contributed by atoms with Gasteiger partial charge in [0.1, 0.15) is 0 Å². The highest BCUT2D eigenvalue weighted by molar-refractivity contribution is 7.91. The fourth-order valence-corrected chi connectivity index (χ4v) is 5.32. The van der Waals surface area contributed by atoms with Crippen LogP contribution < -0.4 is 5.73 Å². The van der Waals surface area contributed by atoms with E-state index in [1.165, 1.54) is 0 Å². The van der Waals surface area contributed by atoms with Gasteiger partial charge in [-0.25, -0.2) is 8.42 Å². The number of sulfone groups is 1. The minimum absolute atomic E-state index is 0. The van der Waals surface area contributed by atoms with E-state index >= 15 is 0 Å². The summed E-state index contributed by atoms with van der Waals surface area (Å²) in [6.07, 6.45) is 0.723. The largest absolute Gasteiger partial charge is 0.348 e. The number of aromatic nitrogens is 1. The molecule has 3 aromatic carbocycles. The summed E-state index contributed by atoms with van der Waals surface area (Å²) in [5.41, 5.74) is 9.04. The number of rotatable bonds is 4. The SMILES string of the molecule is Cc1c(CCN)c2cc(S(=O)(=O)c3cccc4ccccc34)ccc2n1C.Cl.